The first-order chi connectivity index (χ1) is 11.5. The Labute approximate surface area is 144 Å². The molecule has 0 aromatic heterocycles. The van der Waals surface area contributed by atoms with Gasteiger partial charge in [-0.15, -0.1) is 0 Å². The molecule has 132 valence electrons. The molecule has 1 amide bonds. The number of amides is 1. The van der Waals surface area contributed by atoms with Crippen LogP contribution in [0.2, 0.25) is 0 Å². The summed E-state index contributed by atoms with van der Waals surface area (Å²) in [5.41, 5.74) is 0.361. The molecule has 1 N–H and O–H groups in total. The highest BCUT2D eigenvalue weighted by molar-refractivity contribution is 5.87. The molecular formula is C19H28N2O3. The third kappa shape index (κ3) is 3.09. The zero-order valence-electron chi connectivity index (χ0n) is 15.1. The molecular weight excluding hydrogens is 304 g/mol. The highest BCUT2D eigenvalue weighted by atomic mass is 16.5. The Hall–Kier alpha value is -1.75. The molecule has 5 heteroatoms. The van der Waals surface area contributed by atoms with Crippen LogP contribution >= 0.6 is 0 Å². The predicted octanol–water partition coefficient (Wildman–Crippen LogP) is 2.33. The first kappa shape index (κ1) is 17.1. The summed E-state index contributed by atoms with van der Waals surface area (Å²) in [5.74, 6) is 1.53. The van der Waals surface area contributed by atoms with Crippen molar-refractivity contribution >= 4 is 5.91 Å². The van der Waals surface area contributed by atoms with E-state index in [1.54, 1.807) is 14.2 Å². The zero-order valence-corrected chi connectivity index (χ0v) is 15.1. The van der Waals surface area contributed by atoms with Gasteiger partial charge < -0.3 is 19.7 Å². The third-order valence-electron chi connectivity index (χ3n) is 5.39. The van der Waals surface area contributed by atoms with Crippen LogP contribution in [0.15, 0.2) is 18.2 Å². The zero-order chi connectivity index (χ0) is 17.3. The molecule has 2 bridgehead atoms. The lowest BCUT2D eigenvalue weighted by molar-refractivity contribution is -0.138. The molecule has 3 rings (SSSR count). The monoisotopic (exact) mass is 332 g/mol. The number of carbonyl (C=O) groups excluding carboxylic acids is 1. The summed E-state index contributed by atoms with van der Waals surface area (Å²) in [6, 6.07) is 6.64. The van der Waals surface area contributed by atoms with E-state index in [1.807, 2.05) is 36.9 Å². The van der Waals surface area contributed by atoms with E-state index in [9.17, 15) is 4.79 Å². The van der Waals surface area contributed by atoms with Crippen molar-refractivity contribution in [3.8, 4) is 11.5 Å². The van der Waals surface area contributed by atoms with Crippen molar-refractivity contribution in [2.24, 2.45) is 0 Å². The number of piperidine rings is 1. The number of hydrogen-bond donors (Lipinski definition) is 1. The van der Waals surface area contributed by atoms with Gasteiger partial charge in [0.15, 0.2) is 11.5 Å². The summed E-state index contributed by atoms with van der Waals surface area (Å²) < 4.78 is 10.7. The van der Waals surface area contributed by atoms with E-state index in [-0.39, 0.29) is 5.91 Å². The van der Waals surface area contributed by atoms with Gasteiger partial charge in [0, 0.05) is 25.2 Å². The standard InChI is InChI=1S/C19H28N2O3/c1-19(2,13-8-9-16(23-3)17(10-13)24-4)18(22)21-11-14-6-5-7-15(12-21)20-14/h8-10,14-15,20H,5-7,11-12H2,1-4H3. The van der Waals surface area contributed by atoms with E-state index in [1.165, 1.54) is 6.42 Å². The van der Waals surface area contributed by atoms with Crippen LogP contribution in [0.4, 0.5) is 0 Å². The number of methoxy groups -OCH3 is 2. The van der Waals surface area contributed by atoms with Gasteiger partial charge in [-0.25, -0.2) is 0 Å². The molecule has 2 aliphatic rings. The molecule has 2 atom stereocenters. The van der Waals surface area contributed by atoms with Crippen molar-refractivity contribution in [2.75, 3.05) is 27.3 Å². The fourth-order valence-electron chi connectivity index (χ4n) is 3.91. The molecule has 1 aromatic carbocycles. The van der Waals surface area contributed by atoms with Crippen molar-refractivity contribution in [3.63, 3.8) is 0 Å². The molecule has 0 spiro atoms. The highest BCUT2D eigenvalue weighted by Crippen LogP contribution is 2.35. The minimum atomic E-state index is -0.592. The minimum Gasteiger partial charge on any atom is -0.493 e. The largest absolute Gasteiger partial charge is 0.493 e. The lowest BCUT2D eigenvalue weighted by Crippen LogP contribution is -2.62. The van der Waals surface area contributed by atoms with Gasteiger partial charge in [-0.05, 0) is 44.4 Å². The lowest BCUT2D eigenvalue weighted by atomic mass is 9.82. The SMILES string of the molecule is COc1ccc(C(C)(C)C(=O)N2CC3CCCC(C2)N3)cc1OC. The topological polar surface area (TPSA) is 50.8 Å². The Kier molecular flexibility index (Phi) is 4.72. The van der Waals surface area contributed by atoms with Crippen LogP contribution < -0.4 is 14.8 Å². The van der Waals surface area contributed by atoms with E-state index in [2.05, 4.69) is 5.32 Å². The van der Waals surface area contributed by atoms with Gasteiger partial charge in [0.25, 0.3) is 0 Å². The number of likely N-dealkylation sites (tertiary alicyclic amines) is 1. The number of rotatable bonds is 4. The average molecular weight is 332 g/mol. The van der Waals surface area contributed by atoms with E-state index in [4.69, 9.17) is 9.47 Å². The Bertz CT molecular complexity index is 603. The molecule has 1 aromatic rings. The van der Waals surface area contributed by atoms with Gasteiger partial charge in [-0.1, -0.05) is 12.5 Å². The number of nitrogens with one attached hydrogen (secondary N) is 1. The van der Waals surface area contributed by atoms with E-state index < -0.39 is 5.41 Å². The normalized spacial score (nSPS) is 23.8. The smallest absolute Gasteiger partial charge is 0.232 e. The maximum Gasteiger partial charge on any atom is 0.232 e. The number of fused-ring (bicyclic) bond motifs is 2. The van der Waals surface area contributed by atoms with E-state index >= 15 is 0 Å². The third-order valence-corrected chi connectivity index (χ3v) is 5.39. The van der Waals surface area contributed by atoms with Gasteiger partial charge in [0.2, 0.25) is 5.91 Å². The second-order valence-electron chi connectivity index (χ2n) is 7.40. The van der Waals surface area contributed by atoms with Crippen LogP contribution in [0.25, 0.3) is 0 Å². The molecule has 2 fully saturated rings. The fourth-order valence-corrected chi connectivity index (χ4v) is 3.91. The molecule has 24 heavy (non-hydrogen) atoms. The van der Waals surface area contributed by atoms with Crippen molar-refractivity contribution in [1.29, 1.82) is 0 Å². The van der Waals surface area contributed by atoms with Crippen LogP contribution in [0, 0.1) is 0 Å². The summed E-state index contributed by atoms with van der Waals surface area (Å²) in [7, 11) is 3.24. The number of benzene rings is 1. The molecule has 0 aliphatic carbocycles. The van der Waals surface area contributed by atoms with Crippen LogP contribution in [0.1, 0.15) is 38.7 Å². The Morgan fingerprint density at radius 1 is 1.12 bits per heavy atom. The van der Waals surface area contributed by atoms with Crippen molar-refractivity contribution in [3.05, 3.63) is 23.8 Å². The Balaban J connectivity index is 1.82. The molecule has 2 aliphatic heterocycles. The summed E-state index contributed by atoms with van der Waals surface area (Å²) in [4.78, 5) is 15.3. The summed E-state index contributed by atoms with van der Waals surface area (Å²) >= 11 is 0. The molecule has 5 nitrogen and oxygen atoms in total. The first-order valence-electron chi connectivity index (χ1n) is 8.73. The average Bonchev–Trinajstić information content (AvgIpc) is 2.59. The maximum absolute atomic E-state index is 13.2. The van der Waals surface area contributed by atoms with Crippen LogP contribution in [0.5, 0.6) is 11.5 Å². The van der Waals surface area contributed by atoms with Gasteiger partial charge in [-0.2, -0.15) is 0 Å². The first-order valence-corrected chi connectivity index (χ1v) is 8.73. The Morgan fingerprint density at radius 3 is 2.33 bits per heavy atom. The van der Waals surface area contributed by atoms with Gasteiger partial charge in [0.05, 0.1) is 19.6 Å². The van der Waals surface area contributed by atoms with Crippen molar-refractivity contribution < 1.29 is 14.3 Å². The van der Waals surface area contributed by atoms with E-state index in [0.29, 0.717) is 23.6 Å². The minimum absolute atomic E-state index is 0.188. The number of piperazine rings is 1. The molecule has 2 unspecified atom stereocenters. The van der Waals surface area contributed by atoms with Gasteiger partial charge >= 0.3 is 0 Å². The van der Waals surface area contributed by atoms with Crippen LogP contribution in [-0.2, 0) is 10.2 Å². The van der Waals surface area contributed by atoms with Gasteiger partial charge in [-0.3, -0.25) is 4.79 Å². The summed E-state index contributed by atoms with van der Waals surface area (Å²) in [5, 5.41) is 3.63. The molecule has 2 heterocycles. The Morgan fingerprint density at radius 2 is 1.75 bits per heavy atom. The number of hydrogen-bond acceptors (Lipinski definition) is 4. The quantitative estimate of drug-likeness (QED) is 0.919. The lowest BCUT2D eigenvalue weighted by Gasteiger charge is -2.44. The number of nitrogens with zero attached hydrogens (tertiary/aromatic N) is 1. The second-order valence-corrected chi connectivity index (χ2v) is 7.40. The summed E-state index contributed by atoms with van der Waals surface area (Å²) in [6.07, 6.45) is 3.59. The second kappa shape index (κ2) is 6.63. The van der Waals surface area contributed by atoms with E-state index in [0.717, 1.165) is 31.5 Å². The van der Waals surface area contributed by atoms with Crippen molar-refractivity contribution in [1.82, 2.24) is 10.2 Å². The molecule has 0 saturated carbocycles. The van der Waals surface area contributed by atoms with Gasteiger partial charge in [0.1, 0.15) is 0 Å². The maximum atomic E-state index is 13.2. The van der Waals surface area contributed by atoms with Crippen LogP contribution in [0.3, 0.4) is 0 Å². The molecule has 0 radical (unpaired) electrons. The number of carbonyl (C=O) groups is 1. The number of ether oxygens (including phenoxy) is 2. The van der Waals surface area contributed by atoms with Crippen LogP contribution in [-0.4, -0.2) is 50.2 Å². The summed E-state index contributed by atoms with van der Waals surface area (Å²) in [6.45, 7) is 5.61. The van der Waals surface area contributed by atoms with Crippen molar-refractivity contribution in [2.45, 2.75) is 50.6 Å². The highest BCUT2D eigenvalue weighted by Gasteiger charge is 2.39. The predicted molar refractivity (Wildman–Crippen MR) is 93.7 cm³/mol. The molecule has 2 saturated heterocycles. The fraction of sp³-hybridized carbons (Fsp3) is 0.632.